The number of aryl methyl sites for hydroxylation is 2. The molecule has 5 heteroatoms. The zero-order valence-corrected chi connectivity index (χ0v) is 12.1. The van der Waals surface area contributed by atoms with Crippen molar-refractivity contribution >= 4 is 34.5 Å². The number of pyridine rings is 1. The van der Waals surface area contributed by atoms with Crippen LogP contribution < -0.4 is 5.32 Å². The lowest BCUT2D eigenvalue weighted by Crippen LogP contribution is -2.14. The second-order valence-electron chi connectivity index (χ2n) is 4.61. The molecule has 1 N–H and O–H groups in total. The molecule has 3 nitrogen and oxygen atoms in total. The smallest absolute Gasteiger partial charge is 0.257 e. The van der Waals surface area contributed by atoms with Gasteiger partial charge in [-0.2, -0.15) is 0 Å². The van der Waals surface area contributed by atoms with Crippen molar-refractivity contribution in [1.82, 2.24) is 4.98 Å². The van der Waals surface area contributed by atoms with Crippen LogP contribution >= 0.6 is 22.9 Å². The van der Waals surface area contributed by atoms with E-state index < -0.39 is 0 Å². The van der Waals surface area contributed by atoms with E-state index in [9.17, 15) is 4.79 Å². The summed E-state index contributed by atoms with van der Waals surface area (Å²) in [6, 6.07) is 3.43. The highest BCUT2D eigenvalue weighted by molar-refractivity contribution is 7.12. The molecule has 0 saturated heterocycles. The van der Waals surface area contributed by atoms with Gasteiger partial charge in [-0.05, 0) is 43.9 Å². The first-order valence-corrected chi connectivity index (χ1v) is 7.38. The van der Waals surface area contributed by atoms with Crippen LogP contribution in [0.5, 0.6) is 0 Å². The Labute approximate surface area is 120 Å². The van der Waals surface area contributed by atoms with Gasteiger partial charge in [0.2, 0.25) is 0 Å². The van der Waals surface area contributed by atoms with Crippen molar-refractivity contribution < 1.29 is 4.79 Å². The van der Waals surface area contributed by atoms with E-state index >= 15 is 0 Å². The highest BCUT2D eigenvalue weighted by atomic mass is 35.5. The average Bonchev–Trinajstić information content (AvgIpc) is 2.91. The van der Waals surface area contributed by atoms with Crippen LogP contribution in [0, 0.1) is 6.92 Å². The molecule has 0 aliphatic heterocycles. The molecule has 2 aromatic rings. The van der Waals surface area contributed by atoms with Crippen molar-refractivity contribution in [2.45, 2.75) is 26.2 Å². The first-order chi connectivity index (χ1) is 9.15. The van der Waals surface area contributed by atoms with Gasteiger partial charge in [0.1, 0.15) is 5.15 Å². The van der Waals surface area contributed by atoms with E-state index in [2.05, 4.69) is 10.3 Å². The summed E-state index contributed by atoms with van der Waals surface area (Å²) >= 11 is 7.47. The molecule has 1 aliphatic carbocycles. The molecule has 0 unspecified atom stereocenters. The number of thiophene rings is 1. The fourth-order valence-electron chi connectivity index (χ4n) is 2.48. The van der Waals surface area contributed by atoms with Crippen LogP contribution in [-0.4, -0.2) is 10.9 Å². The molecular weight excluding hydrogens is 280 g/mol. The van der Waals surface area contributed by atoms with Gasteiger partial charge in [0.05, 0.1) is 17.4 Å². The molecule has 1 aliphatic rings. The molecule has 0 atom stereocenters. The topological polar surface area (TPSA) is 42.0 Å². The lowest BCUT2D eigenvalue weighted by molar-refractivity contribution is 0.102. The second-order valence-corrected chi connectivity index (χ2v) is 6.31. The van der Waals surface area contributed by atoms with Gasteiger partial charge in [0.15, 0.2) is 0 Å². The Hall–Kier alpha value is -1.39. The van der Waals surface area contributed by atoms with Crippen molar-refractivity contribution in [3.8, 4) is 0 Å². The van der Waals surface area contributed by atoms with E-state index in [4.69, 9.17) is 11.6 Å². The predicted octanol–water partition coefficient (Wildman–Crippen LogP) is 3.85. The SMILES string of the molecule is Cc1sc2c(c1C(=O)Nc1ccc(Cl)nc1)CCC2. The van der Waals surface area contributed by atoms with Gasteiger partial charge in [-0.3, -0.25) is 4.79 Å². The minimum atomic E-state index is -0.0407. The summed E-state index contributed by atoms with van der Waals surface area (Å²) in [6.45, 7) is 2.01. The average molecular weight is 293 g/mol. The lowest BCUT2D eigenvalue weighted by atomic mass is 10.1. The number of aromatic nitrogens is 1. The van der Waals surface area contributed by atoms with E-state index in [0.717, 1.165) is 29.7 Å². The fraction of sp³-hybridized carbons (Fsp3) is 0.286. The van der Waals surface area contributed by atoms with Crippen molar-refractivity contribution in [2.24, 2.45) is 0 Å². The van der Waals surface area contributed by atoms with Crippen molar-refractivity contribution in [2.75, 3.05) is 5.32 Å². The Morgan fingerprint density at radius 3 is 3.00 bits per heavy atom. The first-order valence-electron chi connectivity index (χ1n) is 6.19. The third-order valence-corrected chi connectivity index (χ3v) is 4.74. The Morgan fingerprint density at radius 2 is 2.26 bits per heavy atom. The predicted molar refractivity (Wildman–Crippen MR) is 78.3 cm³/mol. The molecule has 0 spiro atoms. The van der Waals surface area contributed by atoms with Crippen LogP contribution in [0.3, 0.4) is 0 Å². The minimum absolute atomic E-state index is 0.0407. The van der Waals surface area contributed by atoms with E-state index in [0.29, 0.717) is 10.8 Å². The maximum atomic E-state index is 12.4. The molecule has 0 bridgehead atoms. The van der Waals surface area contributed by atoms with Gasteiger partial charge in [0, 0.05) is 9.75 Å². The molecule has 1 amide bonds. The molecule has 0 aromatic carbocycles. The van der Waals surface area contributed by atoms with Crippen LogP contribution in [0.4, 0.5) is 5.69 Å². The van der Waals surface area contributed by atoms with Gasteiger partial charge in [-0.1, -0.05) is 11.6 Å². The van der Waals surface area contributed by atoms with Crippen LogP contribution in [0.15, 0.2) is 18.3 Å². The van der Waals surface area contributed by atoms with Crippen molar-refractivity contribution in [3.05, 3.63) is 44.4 Å². The Kier molecular flexibility index (Phi) is 3.29. The fourth-order valence-corrected chi connectivity index (χ4v) is 3.85. The van der Waals surface area contributed by atoms with Crippen LogP contribution in [0.25, 0.3) is 0 Å². The molecule has 0 saturated carbocycles. The Morgan fingerprint density at radius 1 is 1.42 bits per heavy atom. The number of fused-ring (bicyclic) bond motifs is 1. The number of rotatable bonds is 2. The zero-order chi connectivity index (χ0) is 13.4. The van der Waals surface area contributed by atoms with E-state index in [1.165, 1.54) is 10.4 Å². The molecule has 0 radical (unpaired) electrons. The number of halogens is 1. The van der Waals surface area contributed by atoms with Gasteiger partial charge in [-0.25, -0.2) is 4.98 Å². The van der Waals surface area contributed by atoms with Crippen molar-refractivity contribution in [1.29, 1.82) is 0 Å². The van der Waals surface area contributed by atoms with Crippen LogP contribution in [-0.2, 0) is 12.8 Å². The van der Waals surface area contributed by atoms with Gasteiger partial charge in [-0.15, -0.1) is 11.3 Å². The third kappa shape index (κ3) is 2.38. The van der Waals surface area contributed by atoms with Gasteiger partial charge < -0.3 is 5.32 Å². The second kappa shape index (κ2) is 4.94. The largest absolute Gasteiger partial charge is 0.321 e. The quantitative estimate of drug-likeness (QED) is 0.854. The zero-order valence-electron chi connectivity index (χ0n) is 10.5. The number of hydrogen-bond donors (Lipinski definition) is 1. The maximum absolute atomic E-state index is 12.4. The van der Waals surface area contributed by atoms with E-state index in [1.54, 1.807) is 29.7 Å². The van der Waals surface area contributed by atoms with Crippen molar-refractivity contribution in [3.63, 3.8) is 0 Å². The highest BCUT2D eigenvalue weighted by Crippen LogP contribution is 2.35. The van der Waals surface area contributed by atoms with E-state index in [-0.39, 0.29) is 5.91 Å². The summed E-state index contributed by atoms with van der Waals surface area (Å²) in [5, 5.41) is 3.31. The number of nitrogens with zero attached hydrogens (tertiary/aromatic N) is 1. The number of nitrogens with one attached hydrogen (secondary N) is 1. The number of carbonyl (C=O) groups excluding carboxylic acids is 1. The Balaban J connectivity index is 1.86. The van der Waals surface area contributed by atoms with Gasteiger partial charge >= 0.3 is 0 Å². The standard InChI is InChI=1S/C14H13ClN2OS/c1-8-13(10-3-2-4-11(10)19-8)14(18)17-9-5-6-12(15)16-7-9/h5-7H,2-4H2,1H3,(H,17,18). The molecule has 3 rings (SSSR count). The van der Waals surface area contributed by atoms with Crippen LogP contribution in [0.1, 0.15) is 32.1 Å². The molecular formula is C14H13ClN2OS. The van der Waals surface area contributed by atoms with Crippen LogP contribution in [0.2, 0.25) is 5.15 Å². The number of carbonyl (C=O) groups is 1. The maximum Gasteiger partial charge on any atom is 0.257 e. The minimum Gasteiger partial charge on any atom is -0.321 e. The monoisotopic (exact) mass is 292 g/mol. The summed E-state index contributed by atoms with van der Waals surface area (Å²) in [6.07, 6.45) is 4.85. The summed E-state index contributed by atoms with van der Waals surface area (Å²) in [5.41, 5.74) is 2.76. The van der Waals surface area contributed by atoms with Gasteiger partial charge in [0.25, 0.3) is 5.91 Å². The summed E-state index contributed by atoms with van der Waals surface area (Å²) in [5.74, 6) is -0.0407. The number of hydrogen-bond acceptors (Lipinski definition) is 3. The molecule has 2 heterocycles. The molecule has 0 fully saturated rings. The summed E-state index contributed by atoms with van der Waals surface area (Å²) in [7, 11) is 0. The Bertz CT molecular complexity index is 634. The highest BCUT2D eigenvalue weighted by Gasteiger charge is 2.24. The molecule has 98 valence electrons. The van der Waals surface area contributed by atoms with E-state index in [1.807, 2.05) is 6.92 Å². The summed E-state index contributed by atoms with van der Waals surface area (Å²) < 4.78 is 0. The lowest BCUT2D eigenvalue weighted by Gasteiger charge is -2.06. The first kappa shape index (κ1) is 12.6. The summed E-state index contributed by atoms with van der Waals surface area (Å²) in [4.78, 5) is 18.8. The molecule has 19 heavy (non-hydrogen) atoms. The third-order valence-electron chi connectivity index (χ3n) is 3.31. The number of amides is 1. The number of anilines is 1. The molecule has 2 aromatic heterocycles. The normalized spacial score (nSPS) is 13.4.